The highest BCUT2D eigenvalue weighted by Gasteiger charge is 2.21. The molecule has 14 heavy (non-hydrogen) atoms. The first-order valence-electron chi connectivity index (χ1n) is 4.94. The van der Waals surface area contributed by atoms with Crippen LogP contribution in [0.1, 0.15) is 25.1 Å². The third kappa shape index (κ3) is 1.97. The lowest BCUT2D eigenvalue weighted by Crippen LogP contribution is -2.36. The molecule has 0 aromatic carbocycles. The fourth-order valence-corrected chi connectivity index (χ4v) is 3.40. The molecule has 0 saturated carbocycles. The van der Waals surface area contributed by atoms with E-state index >= 15 is 0 Å². The highest BCUT2D eigenvalue weighted by Crippen LogP contribution is 2.27. The van der Waals surface area contributed by atoms with E-state index in [0.717, 1.165) is 6.54 Å². The number of halogens is 1. The van der Waals surface area contributed by atoms with Gasteiger partial charge in [-0.05, 0) is 31.9 Å². The van der Waals surface area contributed by atoms with Crippen LogP contribution in [0, 0.1) is 0 Å². The van der Waals surface area contributed by atoms with Crippen molar-refractivity contribution in [2.45, 2.75) is 32.9 Å². The Labute approximate surface area is 102 Å². The minimum absolute atomic E-state index is 0.658. The Balaban J connectivity index is 2.23. The molecule has 2 heterocycles. The zero-order valence-electron chi connectivity index (χ0n) is 8.53. The second-order valence-electron chi connectivity index (χ2n) is 4.00. The molecule has 0 aliphatic carbocycles. The topological polar surface area (TPSA) is 8.17 Å². The quantitative estimate of drug-likeness (QED) is 0.773. The predicted octanol–water partition coefficient (Wildman–Crippen LogP) is 3.10. The zero-order chi connectivity index (χ0) is 10.1. The lowest BCUT2D eigenvalue weighted by atomic mass is 10.1. The average molecular weight is 322 g/mol. The monoisotopic (exact) mass is 322 g/mol. The van der Waals surface area contributed by atoms with Crippen molar-refractivity contribution in [3.05, 3.63) is 23.5 Å². The molecule has 1 aromatic heterocycles. The molecule has 1 aliphatic heterocycles. The summed E-state index contributed by atoms with van der Waals surface area (Å²) in [5.41, 5.74) is 3.02. The predicted molar refractivity (Wildman–Crippen MR) is 70.7 cm³/mol. The fraction of sp³-hybridized carbons (Fsp3) is 0.600. The standard InChI is InChI=1S/C10H15IN2S/c1-8(2)12-5-3-9-4-6-13(14-11)10(9)7-12/h4,6,8H,3,5,7H2,1-2H3. The van der Waals surface area contributed by atoms with Crippen molar-refractivity contribution in [1.29, 1.82) is 0 Å². The molecule has 1 aliphatic rings. The lowest BCUT2D eigenvalue weighted by molar-refractivity contribution is 0.200. The normalized spacial score (nSPS) is 17.4. The summed E-state index contributed by atoms with van der Waals surface area (Å²) in [6.45, 7) is 6.86. The summed E-state index contributed by atoms with van der Waals surface area (Å²) in [4.78, 5) is 2.53. The molecule has 0 atom stereocenters. The van der Waals surface area contributed by atoms with E-state index in [1.165, 1.54) is 24.2 Å². The van der Waals surface area contributed by atoms with Crippen LogP contribution in [0.15, 0.2) is 12.3 Å². The molecule has 1 aromatic rings. The SMILES string of the molecule is CC(C)N1CCc2ccn(SI)c2C1. The lowest BCUT2D eigenvalue weighted by Gasteiger charge is -2.30. The van der Waals surface area contributed by atoms with Gasteiger partial charge in [0.1, 0.15) is 0 Å². The summed E-state index contributed by atoms with van der Waals surface area (Å²) in [6, 6.07) is 2.92. The van der Waals surface area contributed by atoms with Gasteiger partial charge in [0, 0.05) is 61.3 Å². The molecule has 2 nitrogen and oxygen atoms in total. The summed E-state index contributed by atoms with van der Waals surface area (Å²) < 4.78 is 2.28. The molecule has 0 radical (unpaired) electrons. The second-order valence-corrected chi connectivity index (χ2v) is 5.71. The summed E-state index contributed by atoms with van der Waals surface area (Å²) >= 11 is 2.34. The van der Waals surface area contributed by atoms with E-state index in [9.17, 15) is 0 Å². The maximum atomic E-state index is 2.53. The van der Waals surface area contributed by atoms with Crippen molar-refractivity contribution in [2.24, 2.45) is 0 Å². The maximum absolute atomic E-state index is 2.53. The molecule has 2 rings (SSSR count). The van der Waals surface area contributed by atoms with Crippen molar-refractivity contribution in [1.82, 2.24) is 8.87 Å². The average Bonchev–Trinajstić information content (AvgIpc) is 2.59. The van der Waals surface area contributed by atoms with E-state index < -0.39 is 0 Å². The van der Waals surface area contributed by atoms with Gasteiger partial charge in [-0.25, -0.2) is 0 Å². The van der Waals surface area contributed by atoms with Crippen LogP contribution in [-0.4, -0.2) is 21.5 Å². The van der Waals surface area contributed by atoms with Crippen LogP contribution in [0.4, 0.5) is 0 Å². The summed E-state index contributed by atoms with van der Waals surface area (Å²) in [5.74, 6) is 0. The third-order valence-corrected chi connectivity index (χ3v) is 4.64. The number of rotatable bonds is 2. The van der Waals surface area contributed by atoms with Crippen molar-refractivity contribution < 1.29 is 0 Å². The van der Waals surface area contributed by atoms with E-state index in [2.05, 4.69) is 56.2 Å². The summed E-state index contributed by atoms with van der Waals surface area (Å²) in [5, 5.41) is 0. The molecule has 0 amide bonds. The van der Waals surface area contributed by atoms with Crippen LogP contribution < -0.4 is 0 Å². The first kappa shape index (κ1) is 10.8. The Morgan fingerprint density at radius 1 is 1.50 bits per heavy atom. The van der Waals surface area contributed by atoms with Gasteiger partial charge in [0.15, 0.2) is 0 Å². The highest BCUT2D eigenvalue weighted by atomic mass is 127. The van der Waals surface area contributed by atoms with Crippen LogP contribution in [0.25, 0.3) is 0 Å². The van der Waals surface area contributed by atoms with Crippen molar-refractivity contribution >= 4 is 30.3 Å². The van der Waals surface area contributed by atoms with E-state index in [1.807, 2.05) is 0 Å². The summed E-state index contributed by atoms with van der Waals surface area (Å²) in [7, 11) is 1.76. The van der Waals surface area contributed by atoms with Gasteiger partial charge in [0.25, 0.3) is 0 Å². The first-order chi connectivity index (χ1) is 6.72. The van der Waals surface area contributed by atoms with Crippen LogP contribution in [-0.2, 0) is 13.0 Å². The highest BCUT2D eigenvalue weighted by molar-refractivity contribution is 14.2. The minimum Gasteiger partial charge on any atom is -0.295 e. The Bertz CT molecular complexity index is 308. The van der Waals surface area contributed by atoms with E-state index in [0.29, 0.717) is 6.04 Å². The van der Waals surface area contributed by atoms with Crippen molar-refractivity contribution in [3.8, 4) is 0 Å². The molecule has 78 valence electrons. The number of nitrogens with zero attached hydrogens (tertiary/aromatic N) is 2. The smallest absolute Gasteiger partial charge is 0.0473 e. The van der Waals surface area contributed by atoms with Crippen molar-refractivity contribution in [3.63, 3.8) is 0 Å². The second kappa shape index (κ2) is 4.45. The summed E-state index contributed by atoms with van der Waals surface area (Å²) in [6.07, 6.45) is 3.39. The number of aromatic nitrogens is 1. The number of fused-ring (bicyclic) bond motifs is 1. The van der Waals surface area contributed by atoms with Crippen LogP contribution in [0.2, 0.25) is 0 Å². The molecule has 0 N–H and O–H groups in total. The maximum Gasteiger partial charge on any atom is 0.0473 e. The molecule has 0 bridgehead atoms. The van der Waals surface area contributed by atoms with Gasteiger partial charge < -0.3 is 0 Å². The van der Waals surface area contributed by atoms with E-state index in [1.54, 1.807) is 9.12 Å². The first-order valence-corrected chi connectivity index (χ1v) is 8.26. The molecular weight excluding hydrogens is 307 g/mol. The van der Waals surface area contributed by atoms with Crippen LogP contribution in [0.3, 0.4) is 0 Å². The number of hydrogen-bond acceptors (Lipinski definition) is 2. The zero-order valence-corrected chi connectivity index (χ0v) is 11.5. The molecule has 4 heteroatoms. The molecule has 0 unspecified atom stereocenters. The van der Waals surface area contributed by atoms with Gasteiger partial charge >= 0.3 is 0 Å². The van der Waals surface area contributed by atoms with Gasteiger partial charge in [-0.15, -0.1) is 0 Å². The van der Waals surface area contributed by atoms with Crippen LogP contribution in [0.5, 0.6) is 0 Å². The van der Waals surface area contributed by atoms with E-state index in [4.69, 9.17) is 0 Å². The number of hydrogen-bond donors (Lipinski definition) is 0. The van der Waals surface area contributed by atoms with Gasteiger partial charge in [0.2, 0.25) is 0 Å². The van der Waals surface area contributed by atoms with Gasteiger partial charge in [-0.3, -0.25) is 8.87 Å². The Kier molecular flexibility index (Phi) is 3.44. The van der Waals surface area contributed by atoms with Gasteiger partial charge in [0.05, 0.1) is 0 Å². The fourth-order valence-electron chi connectivity index (χ4n) is 1.93. The molecule has 0 spiro atoms. The van der Waals surface area contributed by atoms with Crippen molar-refractivity contribution in [2.75, 3.05) is 6.54 Å². The largest absolute Gasteiger partial charge is 0.295 e. The minimum atomic E-state index is 0.658. The third-order valence-electron chi connectivity index (χ3n) is 2.87. The Morgan fingerprint density at radius 2 is 2.29 bits per heavy atom. The van der Waals surface area contributed by atoms with Gasteiger partial charge in [-0.1, -0.05) is 0 Å². The molecule has 0 fully saturated rings. The molecular formula is C10H15IN2S. The van der Waals surface area contributed by atoms with Gasteiger partial charge in [-0.2, -0.15) is 0 Å². The molecule has 0 saturated heterocycles. The van der Waals surface area contributed by atoms with Crippen LogP contribution >= 0.6 is 30.3 Å². The Hall–Kier alpha value is 0.320. The Morgan fingerprint density at radius 3 is 2.93 bits per heavy atom. The van der Waals surface area contributed by atoms with E-state index in [-0.39, 0.29) is 0 Å².